The zero-order valence-electron chi connectivity index (χ0n) is 17.1. The van der Waals surface area contributed by atoms with Gasteiger partial charge in [0.1, 0.15) is 7.14 Å². The quantitative estimate of drug-likeness (QED) is 0.192. The summed E-state index contributed by atoms with van der Waals surface area (Å²) < 4.78 is 13.3. The predicted octanol–water partition coefficient (Wildman–Crippen LogP) is 7.42. The summed E-state index contributed by atoms with van der Waals surface area (Å²) in [5, 5.41) is 3.54. The van der Waals surface area contributed by atoms with E-state index in [0.29, 0.717) is 0 Å². The Morgan fingerprint density at radius 3 is 1.50 bits per heavy atom. The molecule has 0 aliphatic rings. The summed E-state index contributed by atoms with van der Waals surface area (Å²) >= 11 is 0. The van der Waals surface area contributed by atoms with Crippen molar-refractivity contribution in [3.05, 3.63) is 0 Å². The van der Waals surface area contributed by atoms with Crippen molar-refractivity contribution >= 4 is 7.14 Å². The normalized spacial score (nSPS) is 12.0. The van der Waals surface area contributed by atoms with Crippen LogP contribution in [-0.2, 0) is 4.57 Å². The van der Waals surface area contributed by atoms with Gasteiger partial charge in [-0.3, -0.25) is 0 Å². The van der Waals surface area contributed by atoms with Crippen molar-refractivity contribution < 1.29 is 4.57 Å². The van der Waals surface area contributed by atoms with Crippen molar-refractivity contribution in [1.82, 2.24) is 5.32 Å². The molecule has 0 saturated carbocycles. The minimum atomic E-state index is -1.98. The summed E-state index contributed by atoms with van der Waals surface area (Å²) in [5.41, 5.74) is 0. The van der Waals surface area contributed by atoms with Gasteiger partial charge in [0.15, 0.2) is 0 Å². The van der Waals surface area contributed by atoms with Gasteiger partial charge in [-0.25, -0.2) is 0 Å². The van der Waals surface area contributed by atoms with Gasteiger partial charge in [-0.2, -0.15) is 0 Å². The van der Waals surface area contributed by atoms with Gasteiger partial charge in [0.2, 0.25) is 0 Å². The molecule has 0 bridgehead atoms. The second-order valence-electron chi connectivity index (χ2n) is 7.55. The van der Waals surface area contributed by atoms with E-state index in [9.17, 15) is 4.57 Å². The molecule has 0 aliphatic heterocycles. The van der Waals surface area contributed by atoms with E-state index in [4.69, 9.17) is 0 Å². The first-order valence-corrected chi connectivity index (χ1v) is 13.2. The Kier molecular flexibility index (Phi) is 18.1. The van der Waals surface area contributed by atoms with E-state index in [1.54, 1.807) is 0 Å². The minimum absolute atomic E-state index is 0.792. The van der Waals surface area contributed by atoms with Gasteiger partial charge in [0, 0.05) is 18.6 Å². The lowest BCUT2D eigenvalue weighted by Gasteiger charge is -2.19. The van der Waals surface area contributed by atoms with Crippen molar-refractivity contribution in [2.75, 3.05) is 25.2 Å². The minimum Gasteiger partial charge on any atom is -0.322 e. The summed E-state index contributed by atoms with van der Waals surface area (Å²) in [6, 6.07) is 0. The molecule has 1 N–H and O–H groups in total. The van der Waals surface area contributed by atoms with Gasteiger partial charge in [-0.15, -0.1) is 0 Å². The largest absolute Gasteiger partial charge is 0.322 e. The highest BCUT2D eigenvalue weighted by atomic mass is 31.2. The van der Waals surface area contributed by atoms with E-state index < -0.39 is 7.14 Å². The molecule has 0 unspecified atom stereocenters. The zero-order chi connectivity index (χ0) is 17.9. The number of hydrogen-bond acceptors (Lipinski definition) is 2. The average Bonchev–Trinajstić information content (AvgIpc) is 2.58. The average molecular weight is 360 g/mol. The molecule has 0 fully saturated rings. The SMILES string of the molecule is CCCCCCCCNCP(=O)(CCCCCC)CCCCCC. The Balaban J connectivity index is 3.93. The van der Waals surface area contributed by atoms with Crippen molar-refractivity contribution in [2.24, 2.45) is 0 Å². The Morgan fingerprint density at radius 1 is 0.583 bits per heavy atom. The number of nitrogens with one attached hydrogen (secondary N) is 1. The second kappa shape index (κ2) is 18.0. The molecule has 0 atom stereocenters. The van der Waals surface area contributed by atoms with Crippen LogP contribution in [0, 0.1) is 0 Å². The summed E-state index contributed by atoms with van der Waals surface area (Å²) in [6.07, 6.45) is 20.7. The van der Waals surface area contributed by atoms with Crippen LogP contribution in [0.5, 0.6) is 0 Å². The fraction of sp³-hybridized carbons (Fsp3) is 1.00. The first-order valence-electron chi connectivity index (χ1n) is 11.0. The van der Waals surface area contributed by atoms with Crippen LogP contribution in [0.3, 0.4) is 0 Å². The predicted molar refractivity (Wildman–Crippen MR) is 112 cm³/mol. The van der Waals surface area contributed by atoms with Crippen LogP contribution in [-0.4, -0.2) is 25.2 Å². The van der Waals surface area contributed by atoms with Crippen LogP contribution in [0.2, 0.25) is 0 Å². The molecule has 24 heavy (non-hydrogen) atoms. The maximum atomic E-state index is 13.3. The number of hydrogen-bond donors (Lipinski definition) is 1. The molecular formula is C21H46NOP. The van der Waals surface area contributed by atoms with Gasteiger partial charge in [-0.05, 0) is 25.8 Å². The van der Waals surface area contributed by atoms with Gasteiger partial charge in [0.25, 0.3) is 0 Å². The first kappa shape index (κ1) is 24.2. The molecule has 0 heterocycles. The summed E-state index contributed by atoms with van der Waals surface area (Å²) in [7, 11) is -1.98. The molecule has 3 heteroatoms. The Morgan fingerprint density at radius 2 is 1.00 bits per heavy atom. The van der Waals surface area contributed by atoms with Crippen LogP contribution >= 0.6 is 7.14 Å². The molecule has 0 spiro atoms. The second-order valence-corrected chi connectivity index (χ2v) is 10.9. The molecule has 0 saturated heterocycles. The highest BCUT2D eigenvalue weighted by Gasteiger charge is 2.20. The third-order valence-electron chi connectivity index (χ3n) is 4.95. The lowest BCUT2D eigenvalue weighted by molar-refractivity contribution is 0.552. The standard InChI is InChI=1S/C21H46NOP/c1-4-7-10-13-14-15-18-22-21-24(23,19-16-11-8-5-2)20-17-12-9-6-3/h22H,4-21H2,1-3H3. The summed E-state index contributed by atoms with van der Waals surface area (Å²) in [5.74, 6) is 0. The van der Waals surface area contributed by atoms with E-state index in [2.05, 4.69) is 26.1 Å². The fourth-order valence-electron chi connectivity index (χ4n) is 3.24. The molecule has 0 amide bonds. The van der Waals surface area contributed by atoms with Crippen molar-refractivity contribution in [3.63, 3.8) is 0 Å². The molecule has 0 radical (unpaired) electrons. The first-order chi connectivity index (χ1) is 11.7. The monoisotopic (exact) mass is 359 g/mol. The maximum Gasteiger partial charge on any atom is 0.101 e. The lowest BCUT2D eigenvalue weighted by atomic mass is 10.1. The van der Waals surface area contributed by atoms with Crippen LogP contribution < -0.4 is 5.32 Å². The fourth-order valence-corrected chi connectivity index (χ4v) is 5.94. The molecule has 0 aromatic heterocycles. The number of rotatable bonds is 19. The molecule has 146 valence electrons. The molecular weight excluding hydrogens is 313 g/mol. The van der Waals surface area contributed by atoms with Crippen molar-refractivity contribution in [3.8, 4) is 0 Å². The van der Waals surface area contributed by atoms with Crippen LogP contribution in [0.1, 0.15) is 111 Å². The van der Waals surface area contributed by atoms with Crippen molar-refractivity contribution in [2.45, 2.75) is 111 Å². The van der Waals surface area contributed by atoms with Gasteiger partial charge in [0.05, 0.1) is 0 Å². The van der Waals surface area contributed by atoms with E-state index in [-0.39, 0.29) is 0 Å². The molecule has 2 nitrogen and oxygen atoms in total. The van der Waals surface area contributed by atoms with Crippen LogP contribution in [0.25, 0.3) is 0 Å². The Labute approximate surface area is 153 Å². The van der Waals surface area contributed by atoms with E-state index in [1.807, 2.05) is 0 Å². The summed E-state index contributed by atoms with van der Waals surface area (Å²) in [4.78, 5) is 0. The number of unbranched alkanes of at least 4 members (excludes halogenated alkanes) is 11. The van der Waals surface area contributed by atoms with Crippen LogP contribution in [0.4, 0.5) is 0 Å². The van der Waals surface area contributed by atoms with E-state index >= 15 is 0 Å². The lowest BCUT2D eigenvalue weighted by Crippen LogP contribution is -2.19. The zero-order valence-corrected chi connectivity index (χ0v) is 18.0. The maximum absolute atomic E-state index is 13.3. The molecule has 0 aromatic carbocycles. The third kappa shape index (κ3) is 15.7. The Hall–Kier alpha value is 0.190. The molecule has 0 rings (SSSR count). The van der Waals surface area contributed by atoms with Gasteiger partial charge in [-0.1, -0.05) is 91.4 Å². The molecule has 0 aliphatic carbocycles. The van der Waals surface area contributed by atoms with Crippen LogP contribution in [0.15, 0.2) is 0 Å². The highest BCUT2D eigenvalue weighted by Crippen LogP contribution is 2.46. The topological polar surface area (TPSA) is 29.1 Å². The van der Waals surface area contributed by atoms with Gasteiger partial charge >= 0.3 is 0 Å². The highest BCUT2D eigenvalue weighted by molar-refractivity contribution is 7.63. The Bertz CT molecular complexity index is 278. The molecule has 0 aromatic rings. The smallest absolute Gasteiger partial charge is 0.101 e. The van der Waals surface area contributed by atoms with Gasteiger partial charge < -0.3 is 9.88 Å². The van der Waals surface area contributed by atoms with Crippen molar-refractivity contribution in [1.29, 1.82) is 0 Å². The third-order valence-corrected chi connectivity index (χ3v) is 8.01. The van der Waals surface area contributed by atoms with E-state index in [1.165, 1.54) is 77.0 Å². The van der Waals surface area contributed by atoms with E-state index in [0.717, 1.165) is 38.0 Å². The summed E-state index contributed by atoms with van der Waals surface area (Å²) in [6.45, 7) is 7.80.